The number of likely N-dealkylation sites (tertiary alicyclic amines) is 1. The van der Waals surface area contributed by atoms with Crippen molar-refractivity contribution in [3.05, 3.63) is 29.3 Å². The number of amides is 1. The van der Waals surface area contributed by atoms with Crippen molar-refractivity contribution in [3.63, 3.8) is 0 Å². The normalized spacial score (nSPS) is 23.5. The van der Waals surface area contributed by atoms with E-state index in [2.05, 4.69) is 23.1 Å². The topological polar surface area (TPSA) is 59.2 Å². The fourth-order valence-corrected chi connectivity index (χ4v) is 5.25. The standard InChI is InChI=1S/C19H25N3OS.2ClH/c20-15-5-3-4-14(15)12-18(23)22-10-8-13(9-11-22)19-21-16-6-1-2-7-17(16)24-19;;/h1-2,6-7,13-15H,3-5,8-12,20H2;2*1H/t14-,15+;;/m0../s1. The Morgan fingerprint density at radius 1 is 1.15 bits per heavy atom. The van der Waals surface area contributed by atoms with Crippen molar-refractivity contribution in [2.24, 2.45) is 11.7 Å². The maximum absolute atomic E-state index is 12.5. The molecule has 0 spiro atoms. The van der Waals surface area contributed by atoms with Crippen LogP contribution in [0.15, 0.2) is 24.3 Å². The third kappa shape index (κ3) is 4.50. The number of halogens is 2. The van der Waals surface area contributed by atoms with Crippen LogP contribution in [-0.4, -0.2) is 34.9 Å². The summed E-state index contributed by atoms with van der Waals surface area (Å²) in [5.41, 5.74) is 7.22. The van der Waals surface area contributed by atoms with Crippen LogP contribution in [0.3, 0.4) is 0 Å². The minimum atomic E-state index is 0. The summed E-state index contributed by atoms with van der Waals surface area (Å²) in [5.74, 6) is 1.21. The molecule has 1 saturated heterocycles. The second kappa shape index (κ2) is 9.36. The first kappa shape index (κ1) is 21.4. The van der Waals surface area contributed by atoms with E-state index in [0.717, 1.165) is 44.3 Å². The van der Waals surface area contributed by atoms with E-state index in [1.165, 1.54) is 16.1 Å². The second-order valence-electron chi connectivity index (χ2n) is 7.23. The Morgan fingerprint density at radius 3 is 2.54 bits per heavy atom. The van der Waals surface area contributed by atoms with Crippen LogP contribution < -0.4 is 5.73 Å². The number of piperidine rings is 1. The van der Waals surface area contributed by atoms with Gasteiger partial charge in [0.1, 0.15) is 0 Å². The number of hydrogen-bond acceptors (Lipinski definition) is 4. The summed E-state index contributed by atoms with van der Waals surface area (Å²) in [6, 6.07) is 8.56. The molecule has 1 aliphatic heterocycles. The Bertz CT molecular complexity index is 697. The molecule has 0 unspecified atom stereocenters. The minimum Gasteiger partial charge on any atom is -0.343 e. The average molecular weight is 416 g/mol. The lowest BCUT2D eigenvalue weighted by molar-refractivity contribution is -0.133. The molecule has 1 aromatic carbocycles. The fourth-order valence-electron chi connectivity index (χ4n) is 4.11. The zero-order chi connectivity index (χ0) is 16.5. The summed E-state index contributed by atoms with van der Waals surface area (Å²) in [5, 5.41) is 1.24. The molecule has 2 aromatic rings. The maximum atomic E-state index is 12.5. The zero-order valence-corrected chi connectivity index (χ0v) is 17.3. The zero-order valence-electron chi connectivity index (χ0n) is 14.8. The van der Waals surface area contributed by atoms with E-state index >= 15 is 0 Å². The molecule has 2 fully saturated rings. The fraction of sp³-hybridized carbons (Fsp3) is 0.579. The number of para-hydroxylation sites is 1. The molecule has 1 aliphatic carbocycles. The van der Waals surface area contributed by atoms with Gasteiger partial charge in [-0.15, -0.1) is 36.2 Å². The molecule has 2 N–H and O–H groups in total. The quantitative estimate of drug-likeness (QED) is 0.809. The van der Waals surface area contributed by atoms with Gasteiger partial charge in [-0.3, -0.25) is 4.79 Å². The van der Waals surface area contributed by atoms with Gasteiger partial charge in [0.05, 0.1) is 15.2 Å². The van der Waals surface area contributed by atoms with Crippen LogP contribution in [-0.2, 0) is 4.79 Å². The van der Waals surface area contributed by atoms with Crippen LogP contribution in [0.1, 0.15) is 49.5 Å². The number of fused-ring (bicyclic) bond motifs is 1. The number of rotatable bonds is 3. The second-order valence-corrected chi connectivity index (χ2v) is 8.30. The largest absolute Gasteiger partial charge is 0.343 e. The van der Waals surface area contributed by atoms with E-state index in [1.807, 2.05) is 17.4 Å². The highest BCUT2D eigenvalue weighted by molar-refractivity contribution is 7.18. The highest BCUT2D eigenvalue weighted by atomic mass is 35.5. The van der Waals surface area contributed by atoms with E-state index in [-0.39, 0.29) is 30.9 Å². The number of hydrogen-bond donors (Lipinski definition) is 1. The Kier molecular flexibility index (Phi) is 7.71. The molecule has 2 aliphatic rings. The maximum Gasteiger partial charge on any atom is 0.222 e. The molecular weight excluding hydrogens is 389 g/mol. The van der Waals surface area contributed by atoms with E-state index in [9.17, 15) is 4.79 Å². The Labute approximate surface area is 171 Å². The van der Waals surface area contributed by atoms with Crippen LogP contribution in [0.2, 0.25) is 0 Å². The van der Waals surface area contributed by atoms with Gasteiger partial charge in [-0.1, -0.05) is 18.6 Å². The summed E-state index contributed by atoms with van der Waals surface area (Å²) in [7, 11) is 0. The minimum absolute atomic E-state index is 0. The third-order valence-electron chi connectivity index (χ3n) is 5.66. The summed E-state index contributed by atoms with van der Waals surface area (Å²) in [6.45, 7) is 1.72. The van der Waals surface area contributed by atoms with Crippen LogP contribution in [0.4, 0.5) is 0 Å². The van der Waals surface area contributed by atoms with Crippen molar-refractivity contribution in [3.8, 4) is 0 Å². The van der Waals surface area contributed by atoms with Gasteiger partial charge in [-0.25, -0.2) is 4.98 Å². The Hall–Kier alpha value is -0.880. The molecule has 2 heterocycles. The molecule has 4 nitrogen and oxygen atoms in total. The van der Waals surface area contributed by atoms with E-state index in [1.54, 1.807) is 0 Å². The highest BCUT2D eigenvalue weighted by Gasteiger charge is 2.30. The van der Waals surface area contributed by atoms with Crippen LogP contribution in [0, 0.1) is 5.92 Å². The van der Waals surface area contributed by atoms with Gasteiger partial charge in [0.25, 0.3) is 0 Å². The summed E-state index contributed by atoms with van der Waals surface area (Å²) >= 11 is 1.81. The lowest BCUT2D eigenvalue weighted by Crippen LogP contribution is -2.40. The van der Waals surface area contributed by atoms with E-state index in [0.29, 0.717) is 24.2 Å². The Balaban J connectivity index is 0.00000121. The monoisotopic (exact) mass is 415 g/mol. The van der Waals surface area contributed by atoms with E-state index < -0.39 is 0 Å². The lowest BCUT2D eigenvalue weighted by atomic mass is 9.95. The van der Waals surface area contributed by atoms with Crippen LogP contribution in [0.5, 0.6) is 0 Å². The molecule has 26 heavy (non-hydrogen) atoms. The molecular formula is C19H27Cl2N3OS. The smallest absolute Gasteiger partial charge is 0.222 e. The van der Waals surface area contributed by atoms with E-state index in [4.69, 9.17) is 10.7 Å². The number of thiazole rings is 1. The molecule has 2 atom stereocenters. The predicted molar refractivity (Wildman–Crippen MR) is 113 cm³/mol. The average Bonchev–Trinajstić information content (AvgIpc) is 3.21. The molecule has 7 heteroatoms. The molecule has 4 rings (SSSR count). The van der Waals surface area contributed by atoms with Gasteiger partial charge in [0, 0.05) is 31.5 Å². The molecule has 1 amide bonds. The van der Waals surface area contributed by atoms with Gasteiger partial charge in [-0.05, 0) is 43.7 Å². The SMILES string of the molecule is Cl.Cl.N[C@@H]1CCC[C@H]1CC(=O)N1CCC(c2nc3ccccc3s2)CC1. The molecule has 144 valence electrons. The first-order valence-electron chi connectivity index (χ1n) is 9.09. The number of carbonyl (C=O) groups is 1. The van der Waals surface area contributed by atoms with Crippen molar-refractivity contribution in [1.29, 1.82) is 0 Å². The number of carbonyl (C=O) groups excluding carboxylic acids is 1. The first-order valence-corrected chi connectivity index (χ1v) is 9.91. The highest BCUT2D eigenvalue weighted by Crippen LogP contribution is 2.34. The molecule has 0 radical (unpaired) electrons. The van der Waals surface area contributed by atoms with Gasteiger partial charge < -0.3 is 10.6 Å². The van der Waals surface area contributed by atoms with Gasteiger partial charge in [-0.2, -0.15) is 0 Å². The predicted octanol–water partition coefficient (Wildman–Crippen LogP) is 4.36. The van der Waals surface area contributed by atoms with Crippen molar-refractivity contribution in [1.82, 2.24) is 9.88 Å². The summed E-state index contributed by atoms with van der Waals surface area (Å²) in [6.07, 6.45) is 6.09. The van der Waals surface area contributed by atoms with Crippen molar-refractivity contribution < 1.29 is 4.79 Å². The summed E-state index contributed by atoms with van der Waals surface area (Å²) in [4.78, 5) is 19.4. The Morgan fingerprint density at radius 2 is 1.88 bits per heavy atom. The van der Waals surface area contributed by atoms with Crippen molar-refractivity contribution in [2.75, 3.05) is 13.1 Å². The van der Waals surface area contributed by atoms with Crippen LogP contribution in [0.25, 0.3) is 10.2 Å². The van der Waals surface area contributed by atoms with Crippen molar-refractivity contribution in [2.45, 2.75) is 50.5 Å². The van der Waals surface area contributed by atoms with Gasteiger partial charge in [0.15, 0.2) is 0 Å². The number of benzene rings is 1. The van der Waals surface area contributed by atoms with Crippen LogP contribution >= 0.6 is 36.2 Å². The number of aromatic nitrogens is 1. The van der Waals surface area contributed by atoms with Gasteiger partial charge in [0.2, 0.25) is 5.91 Å². The lowest BCUT2D eigenvalue weighted by Gasteiger charge is -2.32. The molecule has 0 bridgehead atoms. The number of nitrogens with zero attached hydrogens (tertiary/aromatic N) is 2. The summed E-state index contributed by atoms with van der Waals surface area (Å²) < 4.78 is 1.27. The third-order valence-corrected chi connectivity index (χ3v) is 6.86. The van der Waals surface area contributed by atoms with Crippen molar-refractivity contribution >= 4 is 52.3 Å². The first-order chi connectivity index (χ1) is 11.7. The van der Waals surface area contributed by atoms with Gasteiger partial charge >= 0.3 is 0 Å². The number of nitrogens with two attached hydrogens (primary N) is 1. The molecule has 1 aromatic heterocycles. The molecule has 1 saturated carbocycles.